The van der Waals surface area contributed by atoms with Crippen LogP contribution < -0.4 is 10.1 Å². The van der Waals surface area contributed by atoms with Gasteiger partial charge in [0.25, 0.3) is 0 Å². The molecule has 0 bridgehead atoms. The number of carbonyl (C=O) groups excluding carboxylic acids is 1. The zero-order valence-corrected chi connectivity index (χ0v) is 25.2. The van der Waals surface area contributed by atoms with Gasteiger partial charge < -0.3 is 44.0 Å². The maximum atomic E-state index is 11.9. The quantitative estimate of drug-likeness (QED) is 0.108. The van der Waals surface area contributed by atoms with Crippen LogP contribution in [0.5, 0.6) is 5.75 Å². The maximum absolute atomic E-state index is 11.9. The predicted molar refractivity (Wildman–Crippen MR) is 155 cm³/mol. The fraction of sp³-hybridized carbons (Fsp3) is 0.741. The van der Waals surface area contributed by atoms with E-state index >= 15 is 0 Å². The molecule has 39 heavy (non-hydrogen) atoms. The van der Waals surface area contributed by atoms with Gasteiger partial charge in [-0.05, 0) is 38.2 Å². The second-order valence-electron chi connectivity index (χ2n) is 9.03. The van der Waals surface area contributed by atoms with Crippen molar-refractivity contribution in [3.8, 4) is 5.75 Å². The fourth-order valence-electron chi connectivity index (χ4n) is 3.19. The molecule has 0 aliphatic rings. The van der Waals surface area contributed by atoms with Gasteiger partial charge in [0.15, 0.2) is 0 Å². The number of ether oxygens (including phenoxy) is 6. The van der Waals surface area contributed by atoms with Crippen LogP contribution in [0, 0.1) is 0 Å². The number of carbonyl (C=O) groups is 1. The summed E-state index contributed by atoms with van der Waals surface area (Å²) in [7, 11) is 3.52. The largest absolute Gasteiger partial charge is 0.491 e. The van der Waals surface area contributed by atoms with Crippen LogP contribution >= 0.6 is 21.6 Å². The SMILES string of the molecule is CSSC(C)(C)CCC(=O)NCCOCCOCCOCCOCCOCCOc1cc(CO)ccc1CO. The summed E-state index contributed by atoms with van der Waals surface area (Å²) in [6, 6.07) is 5.20. The van der Waals surface area contributed by atoms with E-state index in [1.165, 1.54) is 0 Å². The van der Waals surface area contributed by atoms with E-state index in [9.17, 15) is 15.0 Å². The van der Waals surface area contributed by atoms with E-state index in [1.54, 1.807) is 39.8 Å². The zero-order chi connectivity index (χ0) is 28.6. The number of aliphatic hydroxyl groups is 2. The Labute approximate surface area is 241 Å². The summed E-state index contributed by atoms with van der Waals surface area (Å²) >= 11 is 0. The summed E-state index contributed by atoms with van der Waals surface area (Å²) in [4.78, 5) is 11.9. The number of benzene rings is 1. The van der Waals surface area contributed by atoms with Crippen molar-refractivity contribution in [1.29, 1.82) is 0 Å². The van der Waals surface area contributed by atoms with Gasteiger partial charge in [0.2, 0.25) is 5.91 Å². The van der Waals surface area contributed by atoms with Gasteiger partial charge >= 0.3 is 0 Å². The number of rotatable bonds is 26. The molecule has 1 rings (SSSR count). The molecular formula is C27H47NO9S2. The predicted octanol–water partition coefficient (Wildman–Crippen LogP) is 2.82. The smallest absolute Gasteiger partial charge is 0.220 e. The molecule has 3 N–H and O–H groups in total. The molecule has 0 heterocycles. The third-order valence-corrected chi connectivity index (χ3v) is 7.96. The first-order valence-electron chi connectivity index (χ1n) is 13.3. The van der Waals surface area contributed by atoms with Crippen LogP contribution in [-0.4, -0.2) is 106 Å². The van der Waals surface area contributed by atoms with Crippen molar-refractivity contribution in [3.63, 3.8) is 0 Å². The topological polar surface area (TPSA) is 125 Å². The van der Waals surface area contributed by atoms with Crippen molar-refractivity contribution in [2.24, 2.45) is 0 Å². The monoisotopic (exact) mass is 593 g/mol. The van der Waals surface area contributed by atoms with Crippen LogP contribution in [-0.2, 0) is 41.7 Å². The second-order valence-corrected chi connectivity index (χ2v) is 12.1. The standard InChI is InChI=1S/C27H47NO9S2/c1-27(2,39-38-3)7-6-26(31)28-8-9-32-10-11-33-12-13-34-14-15-35-16-17-36-18-19-37-25-20-23(21-29)4-5-24(25)22-30/h4-5,20,29-30H,6-19,21-22H2,1-3H3,(H,28,31). The van der Waals surface area contributed by atoms with Crippen molar-refractivity contribution in [2.45, 2.75) is 44.6 Å². The number of hydrogen-bond acceptors (Lipinski definition) is 11. The Balaban J connectivity index is 1.82. The molecule has 0 radical (unpaired) electrons. The summed E-state index contributed by atoms with van der Waals surface area (Å²) < 4.78 is 33.1. The molecule has 0 unspecified atom stereocenters. The summed E-state index contributed by atoms with van der Waals surface area (Å²) in [5.41, 5.74) is 1.40. The van der Waals surface area contributed by atoms with E-state index in [0.717, 1.165) is 12.0 Å². The molecule has 12 heteroatoms. The van der Waals surface area contributed by atoms with Crippen LogP contribution in [0.25, 0.3) is 0 Å². The normalized spacial score (nSPS) is 11.6. The van der Waals surface area contributed by atoms with Crippen LogP contribution in [0.15, 0.2) is 18.2 Å². The number of nitrogens with one attached hydrogen (secondary N) is 1. The minimum absolute atomic E-state index is 0.0585. The average Bonchev–Trinajstić information content (AvgIpc) is 2.93. The molecule has 226 valence electrons. The lowest BCUT2D eigenvalue weighted by atomic mass is 10.1. The van der Waals surface area contributed by atoms with Crippen LogP contribution in [0.3, 0.4) is 0 Å². The molecule has 10 nitrogen and oxygen atoms in total. The van der Waals surface area contributed by atoms with Gasteiger partial charge in [-0.3, -0.25) is 4.79 Å². The molecule has 0 atom stereocenters. The van der Waals surface area contributed by atoms with Gasteiger partial charge in [0.05, 0.1) is 79.3 Å². The number of hydrogen-bond donors (Lipinski definition) is 3. The highest BCUT2D eigenvalue weighted by atomic mass is 33.1. The van der Waals surface area contributed by atoms with Crippen LogP contribution in [0.4, 0.5) is 0 Å². The fourth-order valence-corrected chi connectivity index (χ4v) is 5.43. The van der Waals surface area contributed by atoms with Gasteiger partial charge in [-0.15, -0.1) is 0 Å². The van der Waals surface area contributed by atoms with Crippen molar-refractivity contribution >= 4 is 27.5 Å². The Bertz CT molecular complexity index is 756. The number of aliphatic hydroxyl groups excluding tert-OH is 2. The summed E-state index contributed by atoms with van der Waals surface area (Å²) in [6.07, 6.45) is 3.41. The summed E-state index contributed by atoms with van der Waals surface area (Å²) in [5.74, 6) is 0.609. The lowest BCUT2D eigenvalue weighted by Crippen LogP contribution is -2.29. The molecule has 0 fully saturated rings. The second kappa shape index (κ2) is 23.6. The molecule has 1 aromatic rings. The van der Waals surface area contributed by atoms with Gasteiger partial charge in [-0.1, -0.05) is 33.7 Å². The first-order chi connectivity index (χ1) is 18.9. The van der Waals surface area contributed by atoms with Crippen molar-refractivity contribution in [3.05, 3.63) is 29.3 Å². The summed E-state index contributed by atoms with van der Waals surface area (Å²) in [6.45, 7) is 9.52. The summed E-state index contributed by atoms with van der Waals surface area (Å²) in [5, 5.41) is 21.5. The Morgan fingerprint density at radius 2 is 1.36 bits per heavy atom. The highest BCUT2D eigenvalue weighted by Gasteiger charge is 2.19. The van der Waals surface area contributed by atoms with Crippen LogP contribution in [0.1, 0.15) is 37.8 Å². The van der Waals surface area contributed by atoms with Gasteiger partial charge in [-0.2, -0.15) is 0 Å². The third-order valence-electron chi connectivity index (χ3n) is 5.29. The molecule has 1 aromatic carbocycles. The van der Waals surface area contributed by atoms with Crippen molar-refractivity contribution < 1.29 is 43.4 Å². The van der Waals surface area contributed by atoms with E-state index in [2.05, 4.69) is 25.4 Å². The molecule has 0 saturated heterocycles. The van der Waals surface area contributed by atoms with E-state index in [-0.39, 0.29) is 23.9 Å². The molecule has 0 saturated carbocycles. The first kappa shape index (κ1) is 35.9. The van der Waals surface area contributed by atoms with E-state index in [1.807, 2.05) is 0 Å². The third kappa shape index (κ3) is 19.6. The highest BCUT2D eigenvalue weighted by molar-refractivity contribution is 8.76. The molecule has 0 spiro atoms. The minimum atomic E-state index is -0.127. The first-order valence-corrected chi connectivity index (χ1v) is 15.8. The zero-order valence-electron chi connectivity index (χ0n) is 23.6. The van der Waals surface area contributed by atoms with Crippen molar-refractivity contribution in [2.75, 3.05) is 85.5 Å². The van der Waals surface area contributed by atoms with Crippen LogP contribution in [0.2, 0.25) is 0 Å². The minimum Gasteiger partial charge on any atom is -0.491 e. The van der Waals surface area contributed by atoms with Crippen molar-refractivity contribution in [1.82, 2.24) is 5.32 Å². The lowest BCUT2D eigenvalue weighted by molar-refractivity contribution is -0.121. The highest BCUT2D eigenvalue weighted by Crippen LogP contribution is 2.36. The Morgan fingerprint density at radius 1 is 0.821 bits per heavy atom. The van der Waals surface area contributed by atoms with Gasteiger partial charge in [-0.25, -0.2) is 0 Å². The van der Waals surface area contributed by atoms with E-state index in [4.69, 9.17) is 28.4 Å². The Hall–Kier alpha value is -1.09. The molecule has 0 aliphatic heterocycles. The van der Waals surface area contributed by atoms with E-state index < -0.39 is 0 Å². The van der Waals surface area contributed by atoms with Gasteiger partial charge in [0.1, 0.15) is 12.4 Å². The average molecular weight is 594 g/mol. The van der Waals surface area contributed by atoms with E-state index in [0.29, 0.717) is 97.0 Å². The lowest BCUT2D eigenvalue weighted by Gasteiger charge is -2.21. The molecule has 1 amide bonds. The molecular weight excluding hydrogens is 546 g/mol. The van der Waals surface area contributed by atoms with Gasteiger partial charge in [0, 0.05) is 23.3 Å². The number of amides is 1. The molecule has 0 aliphatic carbocycles. The molecule has 0 aromatic heterocycles. The Morgan fingerprint density at radius 3 is 1.87 bits per heavy atom. The maximum Gasteiger partial charge on any atom is 0.220 e. The Kier molecular flexibility index (Phi) is 21.7.